The van der Waals surface area contributed by atoms with Crippen LogP contribution in [0.2, 0.25) is 0 Å². The van der Waals surface area contributed by atoms with E-state index in [1.165, 1.54) is 25.8 Å². The summed E-state index contributed by atoms with van der Waals surface area (Å²) < 4.78 is 0. The lowest BCUT2D eigenvalue weighted by Crippen LogP contribution is -2.62. The molecule has 3 fully saturated rings. The van der Waals surface area contributed by atoms with Crippen LogP contribution in [0.1, 0.15) is 25.7 Å². The normalized spacial score (nSPS) is 41.5. The molecule has 1 amide bonds. The van der Waals surface area contributed by atoms with Crippen molar-refractivity contribution in [1.82, 2.24) is 10.2 Å². The molecule has 0 aromatic heterocycles. The van der Waals surface area contributed by atoms with E-state index in [-0.39, 0.29) is 11.4 Å². The van der Waals surface area contributed by atoms with Crippen molar-refractivity contribution in [3.63, 3.8) is 0 Å². The minimum Gasteiger partial charge on any atom is -0.349 e. The van der Waals surface area contributed by atoms with Gasteiger partial charge in [0.2, 0.25) is 5.91 Å². The molecule has 12 heavy (non-hydrogen) atoms. The number of nitrogens with zero attached hydrogens (tertiary/aromatic N) is 1. The highest BCUT2D eigenvalue weighted by molar-refractivity contribution is 5.85. The first-order valence-corrected chi connectivity index (χ1v) is 4.83. The quantitative estimate of drug-likeness (QED) is 0.561. The van der Waals surface area contributed by atoms with Crippen LogP contribution in [0.15, 0.2) is 0 Å². The van der Waals surface area contributed by atoms with Crippen LogP contribution in [0.5, 0.6) is 0 Å². The summed E-state index contributed by atoms with van der Waals surface area (Å²) in [6.45, 7) is 2.31. The Labute approximate surface area is 72.1 Å². The third kappa shape index (κ3) is 0.891. The van der Waals surface area contributed by atoms with Gasteiger partial charge in [-0.1, -0.05) is 0 Å². The van der Waals surface area contributed by atoms with Crippen LogP contribution in [-0.4, -0.2) is 35.5 Å². The Balaban J connectivity index is 1.66. The van der Waals surface area contributed by atoms with Crippen molar-refractivity contribution in [2.45, 2.75) is 37.3 Å². The second kappa shape index (κ2) is 2.02. The van der Waals surface area contributed by atoms with E-state index in [0.717, 1.165) is 19.0 Å². The van der Waals surface area contributed by atoms with Gasteiger partial charge in [-0.3, -0.25) is 9.69 Å². The lowest BCUT2D eigenvalue weighted by Gasteiger charge is -2.38. The first-order chi connectivity index (χ1) is 5.77. The Morgan fingerprint density at radius 1 is 1.50 bits per heavy atom. The summed E-state index contributed by atoms with van der Waals surface area (Å²) >= 11 is 0. The molecule has 2 aliphatic heterocycles. The van der Waals surface area contributed by atoms with Crippen molar-refractivity contribution >= 4 is 5.91 Å². The summed E-state index contributed by atoms with van der Waals surface area (Å²) in [5.74, 6) is 0.243. The van der Waals surface area contributed by atoms with E-state index >= 15 is 0 Å². The van der Waals surface area contributed by atoms with Gasteiger partial charge in [0.1, 0.15) is 0 Å². The van der Waals surface area contributed by atoms with Crippen LogP contribution in [0.3, 0.4) is 0 Å². The van der Waals surface area contributed by atoms with E-state index in [0.29, 0.717) is 0 Å². The molecule has 0 radical (unpaired) electrons. The molecule has 1 aliphatic carbocycles. The molecule has 3 aliphatic rings. The van der Waals surface area contributed by atoms with Crippen molar-refractivity contribution in [2.75, 3.05) is 13.1 Å². The molecule has 3 heteroatoms. The molecule has 66 valence electrons. The number of amides is 1. The smallest absolute Gasteiger partial charge is 0.222 e. The lowest BCUT2D eigenvalue weighted by molar-refractivity contribution is -0.132. The van der Waals surface area contributed by atoms with Crippen molar-refractivity contribution in [3.8, 4) is 0 Å². The lowest BCUT2D eigenvalue weighted by atomic mass is 9.86. The maximum absolute atomic E-state index is 10.8. The van der Waals surface area contributed by atoms with Gasteiger partial charge < -0.3 is 5.32 Å². The molecule has 0 aromatic carbocycles. The largest absolute Gasteiger partial charge is 0.349 e. The van der Waals surface area contributed by atoms with Crippen molar-refractivity contribution in [1.29, 1.82) is 0 Å². The van der Waals surface area contributed by atoms with Gasteiger partial charge in [-0.25, -0.2) is 0 Å². The van der Waals surface area contributed by atoms with Crippen LogP contribution in [-0.2, 0) is 4.79 Å². The summed E-state index contributed by atoms with van der Waals surface area (Å²) in [5.41, 5.74) is 0.208. The van der Waals surface area contributed by atoms with Crippen LogP contribution in [0.25, 0.3) is 0 Å². The highest BCUT2D eigenvalue weighted by Crippen LogP contribution is 2.37. The number of likely N-dealkylation sites (tertiary alicyclic amines) is 1. The maximum atomic E-state index is 10.8. The van der Waals surface area contributed by atoms with E-state index in [1.807, 2.05) is 0 Å². The summed E-state index contributed by atoms with van der Waals surface area (Å²) in [6, 6.07) is 0.863. The number of β-lactam (4-membered cyclic amide) rings is 1. The second-order valence-corrected chi connectivity index (χ2v) is 4.46. The zero-order valence-corrected chi connectivity index (χ0v) is 7.18. The molecule has 1 saturated carbocycles. The standard InChI is InChI=1S/C9H14N2O/c12-8-5-9(10-8)3-4-11(6-9)7-1-2-7/h7H,1-6H2,(H,10,12)/t9-/m0/s1. The third-order valence-electron chi connectivity index (χ3n) is 3.35. The number of carbonyl (C=O) groups excluding carboxylic acids is 1. The molecule has 2 heterocycles. The fourth-order valence-electron chi connectivity index (χ4n) is 2.49. The second-order valence-electron chi connectivity index (χ2n) is 4.46. The minimum atomic E-state index is 0.208. The molecule has 0 aromatic rings. The third-order valence-corrected chi connectivity index (χ3v) is 3.35. The van der Waals surface area contributed by atoms with Gasteiger partial charge in [-0.05, 0) is 19.3 Å². The monoisotopic (exact) mass is 166 g/mol. The van der Waals surface area contributed by atoms with E-state index in [1.54, 1.807) is 0 Å². The fraction of sp³-hybridized carbons (Fsp3) is 0.889. The zero-order valence-electron chi connectivity index (χ0n) is 7.18. The summed E-state index contributed by atoms with van der Waals surface area (Å²) in [6.07, 6.45) is 4.71. The van der Waals surface area contributed by atoms with E-state index < -0.39 is 0 Å². The Morgan fingerprint density at radius 2 is 2.25 bits per heavy atom. The molecule has 3 nitrogen and oxygen atoms in total. The van der Waals surface area contributed by atoms with E-state index in [9.17, 15) is 4.79 Å². The molecule has 0 unspecified atom stereocenters. The highest BCUT2D eigenvalue weighted by atomic mass is 16.2. The van der Waals surface area contributed by atoms with Gasteiger partial charge in [0.15, 0.2) is 0 Å². The number of rotatable bonds is 1. The van der Waals surface area contributed by atoms with Crippen LogP contribution in [0.4, 0.5) is 0 Å². The van der Waals surface area contributed by atoms with Gasteiger partial charge in [0.25, 0.3) is 0 Å². The molecule has 1 N–H and O–H groups in total. The topological polar surface area (TPSA) is 32.3 Å². The average molecular weight is 166 g/mol. The Morgan fingerprint density at radius 3 is 2.83 bits per heavy atom. The molecule has 1 spiro atoms. The van der Waals surface area contributed by atoms with Crippen molar-refractivity contribution in [2.24, 2.45) is 0 Å². The minimum absolute atomic E-state index is 0.208. The molecular formula is C9H14N2O. The summed E-state index contributed by atoms with van der Waals surface area (Å²) in [7, 11) is 0. The Bertz CT molecular complexity index is 227. The predicted octanol–water partition coefficient (Wildman–Crippen LogP) is 0.113. The molecule has 3 rings (SSSR count). The molecule has 0 bridgehead atoms. The predicted molar refractivity (Wildman–Crippen MR) is 44.7 cm³/mol. The molecule has 2 saturated heterocycles. The highest BCUT2D eigenvalue weighted by Gasteiger charge is 2.50. The van der Waals surface area contributed by atoms with Crippen molar-refractivity contribution in [3.05, 3.63) is 0 Å². The van der Waals surface area contributed by atoms with Crippen molar-refractivity contribution < 1.29 is 4.79 Å². The number of carbonyl (C=O) groups is 1. The van der Waals surface area contributed by atoms with Gasteiger partial charge in [0.05, 0.1) is 12.0 Å². The van der Waals surface area contributed by atoms with Crippen LogP contribution >= 0.6 is 0 Å². The SMILES string of the molecule is O=C1C[C@]2(CCN(C3CC3)C2)N1. The Kier molecular flexibility index (Phi) is 1.16. The summed E-state index contributed by atoms with van der Waals surface area (Å²) in [5, 5.41) is 3.05. The first-order valence-electron chi connectivity index (χ1n) is 4.83. The number of hydrogen-bond acceptors (Lipinski definition) is 2. The average Bonchev–Trinajstić information content (AvgIpc) is 2.73. The fourth-order valence-corrected chi connectivity index (χ4v) is 2.49. The maximum Gasteiger partial charge on any atom is 0.222 e. The van der Waals surface area contributed by atoms with Gasteiger partial charge in [-0.2, -0.15) is 0 Å². The molecular weight excluding hydrogens is 152 g/mol. The van der Waals surface area contributed by atoms with Gasteiger partial charge >= 0.3 is 0 Å². The van der Waals surface area contributed by atoms with E-state index in [2.05, 4.69) is 10.2 Å². The first kappa shape index (κ1) is 6.89. The number of hydrogen-bond donors (Lipinski definition) is 1. The van der Waals surface area contributed by atoms with Crippen LogP contribution in [0, 0.1) is 0 Å². The van der Waals surface area contributed by atoms with E-state index in [4.69, 9.17) is 0 Å². The number of nitrogens with one attached hydrogen (secondary N) is 1. The van der Waals surface area contributed by atoms with Gasteiger partial charge in [-0.15, -0.1) is 0 Å². The summed E-state index contributed by atoms with van der Waals surface area (Å²) in [4.78, 5) is 13.4. The van der Waals surface area contributed by atoms with Gasteiger partial charge in [0, 0.05) is 19.1 Å². The van der Waals surface area contributed by atoms with Crippen LogP contribution < -0.4 is 5.32 Å². The molecule has 1 atom stereocenters. The zero-order chi connectivity index (χ0) is 8.18. The Hall–Kier alpha value is -0.570.